The first kappa shape index (κ1) is 10.4. The van der Waals surface area contributed by atoms with E-state index < -0.39 is 21.7 Å². The van der Waals surface area contributed by atoms with E-state index in [4.69, 9.17) is 5.84 Å². The van der Waals surface area contributed by atoms with Crippen LogP contribution in [0.4, 0.5) is 11.9 Å². The van der Waals surface area contributed by atoms with Crippen LogP contribution in [-0.2, 0) is 0 Å². The Bertz CT molecular complexity index is 598. The first-order valence-electron chi connectivity index (χ1n) is 3.92. The van der Waals surface area contributed by atoms with Crippen molar-refractivity contribution in [2.75, 3.05) is 5.84 Å². The van der Waals surface area contributed by atoms with Crippen LogP contribution in [0.15, 0.2) is 6.33 Å². The van der Waals surface area contributed by atoms with E-state index >= 15 is 0 Å². The normalized spacial score (nSPS) is 10.4. The lowest BCUT2D eigenvalue weighted by Gasteiger charge is -1.86. The highest BCUT2D eigenvalue weighted by Gasteiger charge is 2.26. The molecule has 13 nitrogen and oxygen atoms in total. The van der Waals surface area contributed by atoms with Crippen LogP contribution in [0.1, 0.15) is 0 Å². The fraction of sp³-hybridized carbons (Fsp3) is 0. The van der Waals surface area contributed by atoms with Crippen molar-refractivity contribution in [3.05, 3.63) is 26.6 Å². The second-order valence-corrected chi connectivity index (χ2v) is 2.66. The minimum Gasteiger partial charge on any atom is -0.390 e. The molecule has 0 aliphatic rings. The summed E-state index contributed by atoms with van der Waals surface area (Å²) < 4.78 is 0.804. The van der Waals surface area contributed by atoms with Crippen molar-refractivity contribution < 1.29 is 9.85 Å². The minimum absolute atomic E-state index is 0.266. The van der Waals surface area contributed by atoms with Crippen molar-refractivity contribution in [3.63, 3.8) is 0 Å². The molecule has 0 atom stereocenters. The molecule has 0 saturated heterocycles. The number of hydrogen-bond acceptors (Lipinski definition) is 9. The molecule has 0 aromatic carbocycles. The molecule has 0 fully saturated rings. The molecule has 0 saturated carbocycles. The molecule has 17 heavy (non-hydrogen) atoms. The van der Waals surface area contributed by atoms with Gasteiger partial charge in [0.15, 0.2) is 0 Å². The van der Waals surface area contributed by atoms with Crippen molar-refractivity contribution in [2.24, 2.45) is 0 Å². The fourth-order valence-corrected chi connectivity index (χ4v) is 0.972. The average Bonchev–Trinajstić information content (AvgIpc) is 2.83. The summed E-state index contributed by atoms with van der Waals surface area (Å²) in [5.41, 5.74) is 0. The first-order chi connectivity index (χ1) is 7.99. The molecule has 2 aromatic rings. The molecule has 0 spiro atoms. The third kappa shape index (κ3) is 1.71. The van der Waals surface area contributed by atoms with E-state index in [1.165, 1.54) is 0 Å². The van der Waals surface area contributed by atoms with Gasteiger partial charge in [-0.1, -0.05) is 14.5 Å². The van der Waals surface area contributed by atoms with E-state index in [0.29, 0.717) is 4.79 Å². The number of rotatable bonds is 3. The predicted octanol–water partition coefficient (Wildman–Crippen LogP) is -1.61. The van der Waals surface area contributed by atoms with Gasteiger partial charge in [-0.2, -0.15) is 0 Å². The summed E-state index contributed by atoms with van der Waals surface area (Å²) in [4.78, 5) is 26.3. The van der Waals surface area contributed by atoms with Gasteiger partial charge in [-0.25, -0.2) is 0 Å². The largest absolute Gasteiger partial charge is 0.494 e. The van der Waals surface area contributed by atoms with Gasteiger partial charge < -0.3 is 26.1 Å². The van der Waals surface area contributed by atoms with Crippen LogP contribution in [0.2, 0.25) is 0 Å². The van der Waals surface area contributed by atoms with Crippen LogP contribution in [0, 0.1) is 20.2 Å². The summed E-state index contributed by atoms with van der Waals surface area (Å²) in [6.45, 7) is 0. The third-order valence-corrected chi connectivity index (χ3v) is 1.61. The van der Waals surface area contributed by atoms with E-state index in [1.54, 1.807) is 0 Å². The Hall–Kier alpha value is -3.12. The van der Waals surface area contributed by atoms with Crippen LogP contribution in [0.25, 0.3) is 5.95 Å². The maximum atomic E-state index is 10.4. The summed E-state index contributed by atoms with van der Waals surface area (Å²) in [7, 11) is 0. The van der Waals surface area contributed by atoms with Crippen LogP contribution in [0.5, 0.6) is 0 Å². The van der Waals surface area contributed by atoms with Gasteiger partial charge in [-0.15, -0.1) is 0 Å². The van der Waals surface area contributed by atoms with Crippen LogP contribution in [0.3, 0.4) is 0 Å². The highest BCUT2D eigenvalue weighted by Crippen LogP contribution is 2.09. The highest BCUT2D eigenvalue weighted by molar-refractivity contribution is 5.17. The second-order valence-electron chi connectivity index (χ2n) is 2.66. The van der Waals surface area contributed by atoms with Gasteiger partial charge in [-0.05, 0) is 14.8 Å². The zero-order valence-corrected chi connectivity index (χ0v) is 7.87. The number of hydrogen-bond donors (Lipinski definition) is 1. The smallest absolute Gasteiger partial charge is 0.390 e. The van der Waals surface area contributed by atoms with Gasteiger partial charge >= 0.3 is 17.8 Å². The zero-order valence-electron chi connectivity index (χ0n) is 7.87. The van der Waals surface area contributed by atoms with Gasteiger partial charge in [0.25, 0.3) is 0 Å². The summed E-state index contributed by atoms with van der Waals surface area (Å²) in [6, 6.07) is 0. The molecular formula is C4H3N9O4. The SMILES string of the molecule is Nn1nc([N+](=O)[O-])nc1-n1cnc([N+](=O)[O-])n1. The van der Waals surface area contributed by atoms with Gasteiger partial charge in [0.1, 0.15) is 0 Å². The Kier molecular flexibility index (Phi) is 2.12. The Balaban J connectivity index is 2.45. The monoisotopic (exact) mass is 241 g/mol. The number of nitro groups is 2. The topological polar surface area (TPSA) is 174 Å². The van der Waals surface area contributed by atoms with Gasteiger partial charge in [0.2, 0.25) is 6.33 Å². The van der Waals surface area contributed by atoms with Crippen molar-refractivity contribution in [3.8, 4) is 5.95 Å². The molecule has 0 bridgehead atoms. The van der Waals surface area contributed by atoms with Gasteiger partial charge in [0.05, 0.1) is 5.10 Å². The molecule has 88 valence electrons. The summed E-state index contributed by atoms with van der Waals surface area (Å²) in [5, 5.41) is 27.4. The van der Waals surface area contributed by atoms with Crippen molar-refractivity contribution >= 4 is 11.9 Å². The maximum absolute atomic E-state index is 10.4. The van der Waals surface area contributed by atoms with Crippen LogP contribution < -0.4 is 5.84 Å². The zero-order chi connectivity index (χ0) is 12.6. The van der Waals surface area contributed by atoms with E-state index in [-0.39, 0.29) is 5.95 Å². The van der Waals surface area contributed by atoms with E-state index in [2.05, 4.69) is 20.2 Å². The van der Waals surface area contributed by atoms with Crippen molar-refractivity contribution in [2.45, 2.75) is 0 Å². The van der Waals surface area contributed by atoms with E-state index in [1.807, 2.05) is 0 Å². The van der Waals surface area contributed by atoms with E-state index in [0.717, 1.165) is 11.0 Å². The van der Waals surface area contributed by atoms with Crippen LogP contribution in [-0.4, -0.2) is 39.5 Å². The molecule has 2 aromatic heterocycles. The Morgan fingerprint density at radius 2 is 1.82 bits per heavy atom. The van der Waals surface area contributed by atoms with Gasteiger partial charge in [0, 0.05) is 5.10 Å². The molecule has 2 N–H and O–H groups in total. The lowest BCUT2D eigenvalue weighted by molar-refractivity contribution is -0.394. The summed E-state index contributed by atoms with van der Waals surface area (Å²) >= 11 is 0. The second kappa shape index (κ2) is 3.47. The maximum Gasteiger partial charge on any atom is 0.494 e. The third-order valence-electron chi connectivity index (χ3n) is 1.61. The molecule has 0 radical (unpaired) electrons. The molecule has 0 amide bonds. The van der Waals surface area contributed by atoms with Crippen molar-refractivity contribution in [1.82, 2.24) is 29.6 Å². The number of nitrogens with two attached hydrogens (primary N) is 1. The quantitative estimate of drug-likeness (QED) is 0.376. The minimum atomic E-state index is -0.863. The molecule has 2 rings (SSSR count). The molecular weight excluding hydrogens is 238 g/mol. The molecule has 0 unspecified atom stereocenters. The lowest BCUT2D eigenvalue weighted by atomic mass is 11.0. The number of aromatic nitrogens is 6. The fourth-order valence-electron chi connectivity index (χ4n) is 0.972. The average molecular weight is 241 g/mol. The van der Waals surface area contributed by atoms with Crippen molar-refractivity contribution in [1.29, 1.82) is 0 Å². The summed E-state index contributed by atoms with van der Waals surface area (Å²) in [6.07, 6.45) is 0.940. The summed E-state index contributed by atoms with van der Waals surface area (Å²) in [5.74, 6) is 3.58. The molecule has 0 aliphatic carbocycles. The van der Waals surface area contributed by atoms with E-state index in [9.17, 15) is 20.2 Å². The Labute approximate surface area is 90.8 Å². The van der Waals surface area contributed by atoms with Crippen LogP contribution >= 0.6 is 0 Å². The van der Waals surface area contributed by atoms with Gasteiger partial charge in [-0.3, -0.25) is 0 Å². The standard InChI is InChI=1S/C4H3N9O4/c5-11-4(7-3(9-11)13(16)17)10-1-6-2(8-10)12(14)15/h1H,5H2. The predicted molar refractivity (Wildman–Crippen MR) is 48.4 cm³/mol. The number of nitrogen functional groups attached to an aromatic ring is 1. The molecule has 13 heteroatoms. The first-order valence-corrected chi connectivity index (χ1v) is 3.92. The Morgan fingerprint density at radius 1 is 1.18 bits per heavy atom. The lowest BCUT2D eigenvalue weighted by Crippen LogP contribution is -2.16. The highest BCUT2D eigenvalue weighted by atomic mass is 16.6. The Morgan fingerprint density at radius 3 is 2.29 bits per heavy atom. The number of nitrogens with zero attached hydrogens (tertiary/aromatic N) is 8. The molecule has 2 heterocycles. The molecule has 0 aliphatic heterocycles.